The van der Waals surface area contributed by atoms with Gasteiger partial charge in [-0.05, 0) is 62.6 Å². The van der Waals surface area contributed by atoms with Crippen LogP contribution in [-0.2, 0) is 11.3 Å². The second-order valence-corrected chi connectivity index (χ2v) is 6.48. The van der Waals surface area contributed by atoms with Crippen molar-refractivity contribution in [3.8, 4) is 17.0 Å². The maximum Gasteiger partial charge on any atom is 0.223 e. The smallest absolute Gasteiger partial charge is 0.223 e. The Balaban J connectivity index is 1.87. The fraction of sp³-hybridized carbons (Fsp3) is 0.400. The Hall–Kier alpha value is -2.36. The molecule has 0 atom stereocenters. The van der Waals surface area contributed by atoms with Gasteiger partial charge in [0.1, 0.15) is 5.75 Å². The number of amides is 1. The summed E-state index contributed by atoms with van der Waals surface area (Å²) < 4.78 is 5.23. The number of carbonyl (C=O) groups is 1. The monoisotopic (exact) mass is 324 g/mol. The van der Waals surface area contributed by atoms with E-state index in [0.29, 0.717) is 6.54 Å². The van der Waals surface area contributed by atoms with Crippen molar-refractivity contribution in [2.24, 2.45) is 5.92 Å². The van der Waals surface area contributed by atoms with Crippen LogP contribution in [0.1, 0.15) is 36.1 Å². The molecule has 3 rings (SSSR count). The lowest BCUT2D eigenvalue weighted by atomic mass is 9.85. The number of aromatic nitrogens is 1. The highest BCUT2D eigenvalue weighted by atomic mass is 16.5. The molecule has 1 aromatic carbocycles. The van der Waals surface area contributed by atoms with Crippen molar-refractivity contribution in [1.82, 2.24) is 10.3 Å². The van der Waals surface area contributed by atoms with E-state index in [0.717, 1.165) is 46.7 Å². The predicted octanol–water partition coefficient (Wildman–Crippen LogP) is 3.79. The van der Waals surface area contributed by atoms with E-state index in [4.69, 9.17) is 9.72 Å². The average Bonchev–Trinajstić information content (AvgIpc) is 2.52. The predicted molar refractivity (Wildman–Crippen MR) is 94.9 cm³/mol. The summed E-state index contributed by atoms with van der Waals surface area (Å²) in [4.78, 5) is 16.9. The fourth-order valence-electron chi connectivity index (χ4n) is 3.06. The highest BCUT2D eigenvalue weighted by Crippen LogP contribution is 2.28. The summed E-state index contributed by atoms with van der Waals surface area (Å²) in [6.45, 7) is 4.60. The van der Waals surface area contributed by atoms with Gasteiger partial charge in [-0.1, -0.05) is 6.42 Å². The number of hydrogen-bond donors (Lipinski definition) is 1. The first-order valence-corrected chi connectivity index (χ1v) is 8.47. The maximum absolute atomic E-state index is 12.2. The van der Waals surface area contributed by atoms with E-state index in [1.807, 2.05) is 31.2 Å². The Labute approximate surface area is 143 Å². The lowest BCUT2D eigenvalue weighted by Crippen LogP contribution is -2.34. The Morgan fingerprint density at radius 2 is 1.96 bits per heavy atom. The summed E-state index contributed by atoms with van der Waals surface area (Å²) in [5.74, 6) is 1.19. The quantitative estimate of drug-likeness (QED) is 0.910. The standard InChI is InChI=1S/C20H24N2O2/c1-13-11-14(2)22-19(15-7-9-17(24-3)10-8-15)18(13)12-21-20(23)16-5-4-6-16/h7-11,16H,4-6,12H2,1-3H3,(H,21,23). The molecule has 1 heterocycles. The van der Waals surface area contributed by atoms with E-state index >= 15 is 0 Å². The second kappa shape index (κ2) is 7.04. The highest BCUT2D eigenvalue weighted by Gasteiger charge is 2.25. The minimum absolute atomic E-state index is 0.168. The number of pyridine rings is 1. The van der Waals surface area contributed by atoms with Crippen LogP contribution in [0.5, 0.6) is 5.75 Å². The van der Waals surface area contributed by atoms with Crippen LogP contribution < -0.4 is 10.1 Å². The molecule has 24 heavy (non-hydrogen) atoms. The van der Waals surface area contributed by atoms with Gasteiger partial charge in [0.2, 0.25) is 5.91 Å². The molecule has 1 amide bonds. The van der Waals surface area contributed by atoms with Gasteiger partial charge < -0.3 is 10.1 Å². The molecule has 0 aliphatic heterocycles. The van der Waals surface area contributed by atoms with E-state index in [1.54, 1.807) is 7.11 Å². The van der Waals surface area contributed by atoms with Crippen molar-refractivity contribution in [2.75, 3.05) is 7.11 Å². The number of hydrogen-bond acceptors (Lipinski definition) is 3. The molecular formula is C20H24N2O2. The Bertz CT molecular complexity index is 734. The highest BCUT2D eigenvalue weighted by molar-refractivity contribution is 5.79. The molecule has 0 saturated heterocycles. The maximum atomic E-state index is 12.2. The molecule has 1 aliphatic carbocycles. The summed E-state index contributed by atoms with van der Waals surface area (Å²) in [7, 11) is 1.66. The van der Waals surface area contributed by atoms with Gasteiger partial charge in [-0.3, -0.25) is 9.78 Å². The van der Waals surface area contributed by atoms with Crippen LogP contribution >= 0.6 is 0 Å². The van der Waals surface area contributed by atoms with Gasteiger partial charge in [-0.2, -0.15) is 0 Å². The van der Waals surface area contributed by atoms with E-state index in [-0.39, 0.29) is 11.8 Å². The summed E-state index contributed by atoms with van der Waals surface area (Å²) >= 11 is 0. The first kappa shape index (κ1) is 16.5. The number of methoxy groups -OCH3 is 1. The van der Waals surface area contributed by atoms with Crippen molar-refractivity contribution in [3.63, 3.8) is 0 Å². The van der Waals surface area contributed by atoms with Gasteiger partial charge in [0, 0.05) is 29.3 Å². The number of nitrogens with one attached hydrogen (secondary N) is 1. The van der Waals surface area contributed by atoms with Crippen LogP contribution in [0, 0.1) is 19.8 Å². The van der Waals surface area contributed by atoms with Crippen LogP contribution in [0.4, 0.5) is 0 Å². The number of rotatable bonds is 5. The number of ether oxygens (including phenoxy) is 1. The first-order valence-electron chi connectivity index (χ1n) is 8.47. The van der Waals surface area contributed by atoms with Crippen molar-refractivity contribution in [2.45, 2.75) is 39.7 Å². The summed E-state index contributed by atoms with van der Waals surface area (Å²) in [6, 6.07) is 9.96. The summed E-state index contributed by atoms with van der Waals surface area (Å²) in [5, 5.41) is 3.09. The molecule has 0 bridgehead atoms. The van der Waals surface area contributed by atoms with Crippen LogP contribution in [0.15, 0.2) is 30.3 Å². The van der Waals surface area contributed by atoms with E-state index in [2.05, 4.69) is 18.3 Å². The van der Waals surface area contributed by atoms with Gasteiger partial charge in [-0.25, -0.2) is 0 Å². The molecule has 1 aromatic heterocycles. The third-order valence-electron chi connectivity index (χ3n) is 4.75. The molecule has 0 spiro atoms. The van der Waals surface area contributed by atoms with Crippen molar-refractivity contribution >= 4 is 5.91 Å². The summed E-state index contributed by atoms with van der Waals surface area (Å²) in [5.41, 5.74) is 5.19. The van der Waals surface area contributed by atoms with Crippen molar-refractivity contribution < 1.29 is 9.53 Å². The third-order valence-corrected chi connectivity index (χ3v) is 4.75. The van der Waals surface area contributed by atoms with Gasteiger partial charge >= 0.3 is 0 Å². The Morgan fingerprint density at radius 3 is 2.54 bits per heavy atom. The Morgan fingerprint density at radius 1 is 1.25 bits per heavy atom. The van der Waals surface area contributed by atoms with Crippen LogP contribution in [0.25, 0.3) is 11.3 Å². The van der Waals surface area contributed by atoms with Crippen molar-refractivity contribution in [1.29, 1.82) is 0 Å². The minimum atomic E-state index is 0.168. The normalized spacial score (nSPS) is 14.1. The SMILES string of the molecule is COc1ccc(-c2nc(C)cc(C)c2CNC(=O)C2CCC2)cc1. The van der Waals surface area contributed by atoms with Gasteiger partial charge in [-0.15, -0.1) is 0 Å². The molecule has 0 unspecified atom stereocenters. The molecule has 4 nitrogen and oxygen atoms in total. The van der Waals surface area contributed by atoms with E-state index < -0.39 is 0 Å². The third kappa shape index (κ3) is 3.42. The van der Waals surface area contributed by atoms with Gasteiger partial charge in [0.15, 0.2) is 0 Å². The zero-order chi connectivity index (χ0) is 17.1. The van der Waals surface area contributed by atoms with Crippen LogP contribution in [-0.4, -0.2) is 18.0 Å². The molecule has 2 aromatic rings. The Kier molecular flexibility index (Phi) is 4.84. The number of carbonyl (C=O) groups excluding carboxylic acids is 1. The van der Waals surface area contributed by atoms with Crippen molar-refractivity contribution in [3.05, 3.63) is 47.2 Å². The molecule has 1 N–H and O–H groups in total. The zero-order valence-corrected chi connectivity index (χ0v) is 14.6. The number of aryl methyl sites for hydroxylation is 2. The van der Waals surface area contributed by atoms with Gasteiger partial charge in [0.05, 0.1) is 12.8 Å². The number of nitrogens with zero attached hydrogens (tertiary/aromatic N) is 1. The largest absolute Gasteiger partial charge is 0.497 e. The van der Waals surface area contributed by atoms with E-state index in [9.17, 15) is 4.79 Å². The fourth-order valence-corrected chi connectivity index (χ4v) is 3.06. The van der Waals surface area contributed by atoms with Crippen LogP contribution in [0.3, 0.4) is 0 Å². The molecule has 4 heteroatoms. The molecular weight excluding hydrogens is 300 g/mol. The molecule has 1 aliphatic rings. The lowest BCUT2D eigenvalue weighted by molar-refractivity contribution is -0.127. The molecule has 0 radical (unpaired) electrons. The van der Waals surface area contributed by atoms with Gasteiger partial charge in [0.25, 0.3) is 0 Å². The molecule has 1 saturated carbocycles. The molecule has 126 valence electrons. The number of benzene rings is 1. The zero-order valence-electron chi connectivity index (χ0n) is 14.6. The average molecular weight is 324 g/mol. The minimum Gasteiger partial charge on any atom is -0.497 e. The van der Waals surface area contributed by atoms with E-state index in [1.165, 1.54) is 6.42 Å². The topological polar surface area (TPSA) is 51.2 Å². The molecule has 1 fully saturated rings. The lowest BCUT2D eigenvalue weighted by Gasteiger charge is -2.24. The second-order valence-electron chi connectivity index (χ2n) is 6.48. The first-order chi connectivity index (χ1) is 11.6. The van der Waals surface area contributed by atoms with Crippen LogP contribution in [0.2, 0.25) is 0 Å². The summed E-state index contributed by atoms with van der Waals surface area (Å²) in [6.07, 6.45) is 3.20.